The molecule has 19 heavy (non-hydrogen) atoms. The number of methoxy groups -OCH3 is 1. The molecular formula is C11H16ClNO4S2. The van der Waals surface area contributed by atoms with E-state index >= 15 is 0 Å². The fourth-order valence-electron chi connectivity index (χ4n) is 1.38. The summed E-state index contributed by atoms with van der Waals surface area (Å²) in [5, 5.41) is 0. The van der Waals surface area contributed by atoms with Gasteiger partial charge in [-0.3, -0.25) is 4.79 Å². The van der Waals surface area contributed by atoms with Crippen LogP contribution < -0.4 is 0 Å². The van der Waals surface area contributed by atoms with Crippen molar-refractivity contribution in [2.24, 2.45) is 0 Å². The van der Waals surface area contributed by atoms with E-state index < -0.39 is 10.0 Å². The van der Waals surface area contributed by atoms with Crippen LogP contribution in [0.5, 0.6) is 0 Å². The van der Waals surface area contributed by atoms with Gasteiger partial charge >= 0.3 is 5.97 Å². The van der Waals surface area contributed by atoms with Gasteiger partial charge in [0.25, 0.3) is 10.0 Å². The minimum Gasteiger partial charge on any atom is -0.469 e. The zero-order chi connectivity index (χ0) is 14.6. The second kappa shape index (κ2) is 6.69. The third-order valence-electron chi connectivity index (χ3n) is 2.58. The number of ether oxygens (including phenoxy) is 1. The van der Waals surface area contributed by atoms with Gasteiger partial charge in [0, 0.05) is 20.0 Å². The molecule has 0 aliphatic rings. The van der Waals surface area contributed by atoms with Crippen molar-refractivity contribution in [1.29, 1.82) is 0 Å². The summed E-state index contributed by atoms with van der Waals surface area (Å²) >= 11 is 6.92. The van der Waals surface area contributed by atoms with E-state index in [0.29, 0.717) is 10.8 Å². The number of hydrogen-bond donors (Lipinski definition) is 0. The third-order valence-corrected chi connectivity index (χ3v) is 6.44. The van der Waals surface area contributed by atoms with Crippen LogP contribution in [-0.4, -0.2) is 39.4 Å². The summed E-state index contributed by atoms with van der Waals surface area (Å²) in [7, 11) is -0.744. The number of carbonyl (C=O) groups excluding carboxylic acids is 1. The van der Waals surface area contributed by atoms with E-state index in [2.05, 4.69) is 4.74 Å². The van der Waals surface area contributed by atoms with Gasteiger partial charge in [-0.2, -0.15) is 0 Å². The normalized spacial score (nSPS) is 11.8. The smallest absolute Gasteiger partial charge is 0.305 e. The Morgan fingerprint density at radius 2 is 2.16 bits per heavy atom. The SMILES string of the molecule is COC(=O)CCCN(C)S(=O)(=O)c1cc(C)c(Cl)s1. The molecule has 0 aromatic carbocycles. The number of esters is 1. The van der Waals surface area contributed by atoms with E-state index in [0.717, 1.165) is 16.9 Å². The molecule has 0 N–H and O–H groups in total. The molecule has 1 heterocycles. The van der Waals surface area contributed by atoms with Gasteiger partial charge in [-0.25, -0.2) is 12.7 Å². The lowest BCUT2D eigenvalue weighted by Gasteiger charge is -2.15. The Labute approximate surface area is 122 Å². The van der Waals surface area contributed by atoms with E-state index in [1.54, 1.807) is 13.0 Å². The second-order valence-electron chi connectivity index (χ2n) is 4.03. The van der Waals surface area contributed by atoms with Crippen LogP contribution in [0, 0.1) is 6.92 Å². The van der Waals surface area contributed by atoms with Crippen LogP contribution >= 0.6 is 22.9 Å². The highest BCUT2D eigenvalue weighted by molar-refractivity contribution is 7.91. The van der Waals surface area contributed by atoms with E-state index in [1.165, 1.54) is 18.5 Å². The Balaban J connectivity index is 2.69. The summed E-state index contributed by atoms with van der Waals surface area (Å²) in [6.45, 7) is 2.01. The molecule has 0 fully saturated rings. The molecule has 0 saturated heterocycles. The Morgan fingerprint density at radius 1 is 1.53 bits per heavy atom. The molecule has 0 bridgehead atoms. The lowest BCUT2D eigenvalue weighted by atomic mass is 10.3. The van der Waals surface area contributed by atoms with Gasteiger partial charge in [0.1, 0.15) is 4.21 Å². The molecule has 0 unspecified atom stereocenters. The van der Waals surface area contributed by atoms with E-state index in [-0.39, 0.29) is 23.1 Å². The fraction of sp³-hybridized carbons (Fsp3) is 0.545. The van der Waals surface area contributed by atoms with Crippen molar-refractivity contribution in [3.8, 4) is 0 Å². The zero-order valence-corrected chi connectivity index (χ0v) is 13.4. The molecule has 0 radical (unpaired) electrons. The maximum atomic E-state index is 12.2. The number of aryl methyl sites for hydroxylation is 1. The van der Waals surface area contributed by atoms with Crippen LogP contribution in [0.3, 0.4) is 0 Å². The molecule has 0 saturated carbocycles. The first-order chi connectivity index (χ1) is 8.78. The Bertz CT molecular complexity index is 534. The average Bonchev–Trinajstić information content (AvgIpc) is 2.69. The highest BCUT2D eigenvalue weighted by atomic mass is 35.5. The van der Waals surface area contributed by atoms with Gasteiger partial charge in [-0.15, -0.1) is 11.3 Å². The first-order valence-corrected chi connectivity index (χ1v) is 8.21. The Hall–Kier alpha value is -0.630. The quantitative estimate of drug-likeness (QED) is 0.753. The Kier molecular flexibility index (Phi) is 5.79. The molecule has 0 spiro atoms. The largest absolute Gasteiger partial charge is 0.469 e. The van der Waals surface area contributed by atoms with Crippen molar-refractivity contribution >= 4 is 38.9 Å². The summed E-state index contributed by atoms with van der Waals surface area (Å²) < 4.78 is 30.8. The molecule has 1 aromatic heterocycles. The van der Waals surface area contributed by atoms with Crippen LogP contribution in [0.2, 0.25) is 4.34 Å². The van der Waals surface area contributed by atoms with Gasteiger partial charge in [0.2, 0.25) is 0 Å². The van der Waals surface area contributed by atoms with Crippen molar-refractivity contribution < 1.29 is 17.9 Å². The summed E-state index contributed by atoms with van der Waals surface area (Å²) in [6.07, 6.45) is 0.612. The molecule has 1 rings (SSSR count). The van der Waals surface area contributed by atoms with Crippen LogP contribution in [0.15, 0.2) is 10.3 Å². The second-order valence-corrected chi connectivity index (χ2v) is 7.95. The average molecular weight is 326 g/mol. The molecule has 0 amide bonds. The molecule has 0 aliphatic carbocycles. The monoisotopic (exact) mass is 325 g/mol. The van der Waals surface area contributed by atoms with E-state index in [1.807, 2.05) is 0 Å². The zero-order valence-electron chi connectivity index (χ0n) is 11.0. The van der Waals surface area contributed by atoms with E-state index in [9.17, 15) is 13.2 Å². The predicted molar refractivity (Wildman–Crippen MR) is 75.1 cm³/mol. The summed E-state index contributed by atoms with van der Waals surface area (Å²) in [5.74, 6) is -0.346. The van der Waals surface area contributed by atoms with Crippen molar-refractivity contribution in [3.05, 3.63) is 16.0 Å². The molecule has 0 aliphatic heterocycles. The number of sulfonamides is 1. The highest BCUT2D eigenvalue weighted by Gasteiger charge is 2.23. The van der Waals surface area contributed by atoms with Crippen LogP contribution in [0.1, 0.15) is 18.4 Å². The fourth-order valence-corrected chi connectivity index (χ4v) is 4.51. The third kappa shape index (κ3) is 4.17. The van der Waals surface area contributed by atoms with Crippen molar-refractivity contribution in [1.82, 2.24) is 4.31 Å². The molecular weight excluding hydrogens is 310 g/mol. The maximum Gasteiger partial charge on any atom is 0.305 e. The summed E-state index contributed by atoms with van der Waals surface area (Å²) in [4.78, 5) is 11.0. The number of nitrogens with zero attached hydrogens (tertiary/aromatic N) is 1. The first kappa shape index (κ1) is 16.4. The van der Waals surface area contributed by atoms with Crippen molar-refractivity contribution in [2.75, 3.05) is 20.7 Å². The van der Waals surface area contributed by atoms with Crippen LogP contribution in [0.25, 0.3) is 0 Å². The number of carbonyl (C=O) groups is 1. The van der Waals surface area contributed by atoms with Gasteiger partial charge in [0.15, 0.2) is 0 Å². The lowest BCUT2D eigenvalue weighted by molar-refractivity contribution is -0.140. The highest BCUT2D eigenvalue weighted by Crippen LogP contribution is 2.31. The molecule has 0 atom stereocenters. The number of hydrogen-bond acceptors (Lipinski definition) is 5. The molecule has 1 aromatic rings. The summed E-state index contributed by atoms with van der Waals surface area (Å²) in [5.41, 5.74) is 0.744. The van der Waals surface area contributed by atoms with E-state index in [4.69, 9.17) is 11.6 Å². The number of halogens is 1. The standard InChI is InChI=1S/C11H16ClNO4S2/c1-8-7-10(18-11(8)12)19(15,16)13(2)6-4-5-9(14)17-3/h7H,4-6H2,1-3H3. The molecule has 108 valence electrons. The minimum absolute atomic E-state index is 0.195. The summed E-state index contributed by atoms with van der Waals surface area (Å²) in [6, 6.07) is 1.55. The molecule has 8 heteroatoms. The van der Waals surface area contributed by atoms with Crippen molar-refractivity contribution in [2.45, 2.75) is 24.0 Å². The van der Waals surface area contributed by atoms with Crippen LogP contribution in [0.4, 0.5) is 0 Å². The molecule has 5 nitrogen and oxygen atoms in total. The Morgan fingerprint density at radius 3 is 2.63 bits per heavy atom. The van der Waals surface area contributed by atoms with Gasteiger partial charge in [0.05, 0.1) is 11.4 Å². The lowest BCUT2D eigenvalue weighted by Crippen LogP contribution is -2.27. The number of thiophene rings is 1. The van der Waals surface area contributed by atoms with Crippen LogP contribution in [-0.2, 0) is 19.6 Å². The van der Waals surface area contributed by atoms with Gasteiger partial charge in [-0.05, 0) is 25.0 Å². The number of rotatable bonds is 6. The van der Waals surface area contributed by atoms with Gasteiger partial charge < -0.3 is 4.74 Å². The predicted octanol–water partition coefficient (Wildman–Crippen LogP) is 2.28. The minimum atomic E-state index is -3.53. The maximum absolute atomic E-state index is 12.2. The first-order valence-electron chi connectivity index (χ1n) is 5.58. The van der Waals surface area contributed by atoms with Gasteiger partial charge in [-0.1, -0.05) is 11.6 Å². The van der Waals surface area contributed by atoms with Crippen molar-refractivity contribution in [3.63, 3.8) is 0 Å². The topological polar surface area (TPSA) is 63.7 Å².